The van der Waals surface area contributed by atoms with Gasteiger partial charge >= 0.3 is 0 Å². The van der Waals surface area contributed by atoms with E-state index in [-0.39, 0.29) is 0 Å². The van der Waals surface area contributed by atoms with Crippen LogP contribution < -0.4 is 0 Å². The molecule has 1 unspecified atom stereocenters. The Morgan fingerprint density at radius 1 is 1.04 bits per heavy atom. The zero-order valence-electron chi connectivity index (χ0n) is 14.0. The predicted octanol–water partition coefficient (Wildman–Crippen LogP) is 3.30. The summed E-state index contributed by atoms with van der Waals surface area (Å²) < 4.78 is 0. The van der Waals surface area contributed by atoms with E-state index in [0.717, 1.165) is 47.8 Å². The number of rotatable bonds is 1. The molecule has 1 aliphatic heterocycles. The molecule has 4 bridgehead atoms. The second-order valence-corrected chi connectivity index (χ2v) is 8.95. The van der Waals surface area contributed by atoms with Crippen molar-refractivity contribution in [2.45, 2.75) is 44.6 Å². The summed E-state index contributed by atoms with van der Waals surface area (Å²) in [4.78, 5) is 19.8. The highest BCUT2D eigenvalue weighted by molar-refractivity contribution is 6.01. The van der Waals surface area contributed by atoms with Gasteiger partial charge in [0.2, 0.25) is 5.91 Å². The Balaban J connectivity index is 1.33. The molecule has 7 rings (SSSR count). The molecule has 5 fully saturated rings. The van der Waals surface area contributed by atoms with Gasteiger partial charge in [0, 0.05) is 36.5 Å². The van der Waals surface area contributed by atoms with Crippen molar-refractivity contribution in [3.8, 4) is 0 Å². The summed E-state index contributed by atoms with van der Waals surface area (Å²) in [5.41, 5.74) is 3.58. The standard InChI is InChI=1S/C21H24N2O/c24-21-19-9-17-10-22-2-1-14(17)8-18(19)11-23(21)20-15-4-12-3-13(6-15)7-16(20)5-12/h1-2,9-10,12-13,15-16,18,20H,3-8,11H2. The lowest BCUT2D eigenvalue weighted by Crippen LogP contribution is -2.56. The van der Waals surface area contributed by atoms with Crippen LogP contribution >= 0.6 is 0 Å². The van der Waals surface area contributed by atoms with Crippen LogP contribution in [0.2, 0.25) is 0 Å². The van der Waals surface area contributed by atoms with E-state index < -0.39 is 0 Å². The topological polar surface area (TPSA) is 33.2 Å². The molecule has 24 heavy (non-hydrogen) atoms. The van der Waals surface area contributed by atoms with E-state index in [1.807, 2.05) is 12.4 Å². The highest BCUT2D eigenvalue weighted by Crippen LogP contribution is 2.56. The number of fused-ring (bicyclic) bond motifs is 2. The van der Waals surface area contributed by atoms with Crippen LogP contribution in [-0.4, -0.2) is 28.4 Å². The van der Waals surface area contributed by atoms with Gasteiger partial charge < -0.3 is 4.90 Å². The first-order valence-electron chi connectivity index (χ1n) is 9.71. The van der Waals surface area contributed by atoms with Gasteiger partial charge in [0.15, 0.2) is 0 Å². The van der Waals surface area contributed by atoms with Crippen molar-refractivity contribution in [3.05, 3.63) is 35.2 Å². The monoisotopic (exact) mass is 320 g/mol. The van der Waals surface area contributed by atoms with Crippen LogP contribution in [0.4, 0.5) is 0 Å². The Morgan fingerprint density at radius 2 is 1.79 bits per heavy atom. The van der Waals surface area contributed by atoms with Gasteiger partial charge in [-0.2, -0.15) is 0 Å². The van der Waals surface area contributed by atoms with Crippen LogP contribution in [0.3, 0.4) is 0 Å². The smallest absolute Gasteiger partial charge is 0.250 e. The number of aromatic nitrogens is 1. The van der Waals surface area contributed by atoms with Crippen LogP contribution in [0.25, 0.3) is 6.08 Å². The lowest BCUT2D eigenvalue weighted by molar-refractivity contribution is -0.136. The van der Waals surface area contributed by atoms with E-state index in [0.29, 0.717) is 17.9 Å². The molecule has 5 aliphatic carbocycles. The zero-order valence-corrected chi connectivity index (χ0v) is 14.0. The molecule has 124 valence electrons. The maximum Gasteiger partial charge on any atom is 0.250 e. The van der Waals surface area contributed by atoms with Gasteiger partial charge in [-0.25, -0.2) is 0 Å². The summed E-state index contributed by atoms with van der Waals surface area (Å²) in [6.45, 7) is 0.958. The van der Waals surface area contributed by atoms with Crippen LogP contribution in [0, 0.1) is 29.6 Å². The summed E-state index contributed by atoms with van der Waals surface area (Å²) >= 11 is 0. The molecular formula is C21H24N2O. The van der Waals surface area contributed by atoms with Gasteiger partial charge in [0.1, 0.15) is 0 Å². The van der Waals surface area contributed by atoms with Crippen molar-refractivity contribution in [1.82, 2.24) is 9.88 Å². The molecule has 1 amide bonds. The molecule has 2 heterocycles. The Kier molecular flexibility index (Phi) is 2.67. The fraction of sp³-hybridized carbons (Fsp3) is 0.619. The van der Waals surface area contributed by atoms with E-state index in [1.54, 1.807) is 0 Å². The molecule has 1 atom stereocenters. The number of hydrogen-bond donors (Lipinski definition) is 0. The average molecular weight is 320 g/mol. The Morgan fingerprint density at radius 3 is 2.54 bits per heavy atom. The number of nitrogens with zero attached hydrogens (tertiary/aromatic N) is 2. The first kappa shape index (κ1) is 13.6. The minimum atomic E-state index is 0.340. The summed E-state index contributed by atoms with van der Waals surface area (Å²) in [7, 11) is 0. The SMILES string of the molecule is O=C1C2=Cc3cnccc3CC2CN1C1C2CC3CC(C2)CC1C3. The number of hydrogen-bond acceptors (Lipinski definition) is 2. The van der Waals surface area contributed by atoms with Crippen molar-refractivity contribution >= 4 is 12.0 Å². The fourth-order valence-electron chi connectivity index (χ4n) is 6.96. The third-order valence-corrected chi connectivity index (χ3v) is 7.63. The van der Waals surface area contributed by atoms with Gasteiger partial charge in [-0.3, -0.25) is 9.78 Å². The van der Waals surface area contributed by atoms with Gasteiger partial charge in [-0.1, -0.05) is 0 Å². The predicted molar refractivity (Wildman–Crippen MR) is 92.0 cm³/mol. The number of amides is 1. The second-order valence-electron chi connectivity index (χ2n) is 8.95. The number of pyridine rings is 1. The number of carbonyl (C=O) groups excluding carboxylic acids is 1. The molecule has 3 nitrogen and oxygen atoms in total. The highest BCUT2D eigenvalue weighted by Gasteiger charge is 2.53. The third-order valence-electron chi connectivity index (χ3n) is 7.63. The minimum absolute atomic E-state index is 0.340. The lowest BCUT2D eigenvalue weighted by atomic mass is 9.54. The van der Waals surface area contributed by atoms with Gasteiger partial charge in [-0.05, 0) is 85.5 Å². The molecule has 0 aromatic carbocycles. The molecule has 6 aliphatic rings. The van der Waals surface area contributed by atoms with Crippen LogP contribution in [0.5, 0.6) is 0 Å². The van der Waals surface area contributed by atoms with Crippen LogP contribution in [-0.2, 0) is 11.2 Å². The fourth-order valence-corrected chi connectivity index (χ4v) is 6.96. The average Bonchev–Trinajstić information content (AvgIpc) is 2.88. The summed E-state index contributed by atoms with van der Waals surface area (Å²) in [5.74, 6) is 4.26. The quantitative estimate of drug-likeness (QED) is 0.795. The highest BCUT2D eigenvalue weighted by atomic mass is 16.2. The third kappa shape index (κ3) is 1.79. The van der Waals surface area contributed by atoms with Gasteiger partial charge in [0.25, 0.3) is 0 Å². The summed E-state index contributed by atoms with van der Waals surface area (Å²) in [5, 5.41) is 0. The molecule has 1 aromatic heterocycles. The molecule has 0 radical (unpaired) electrons. The summed E-state index contributed by atoms with van der Waals surface area (Å²) in [6, 6.07) is 2.66. The van der Waals surface area contributed by atoms with E-state index in [1.165, 1.54) is 37.7 Å². The van der Waals surface area contributed by atoms with Crippen molar-refractivity contribution in [1.29, 1.82) is 0 Å². The zero-order chi connectivity index (χ0) is 15.8. The number of carbonyl (C=O) groups is 1. The van der Waals surface area contributed by atoms with Crippen molar-refractivity contribution in [3.63, 3.8) is 0 Å². The molecule has 3 heteroatoms. The Bertz CT molecular complexity index is 724. The van der Waals surface area contributed by atoms with Crippen molar-refractivity contribution in [2.75, 3.05) is 6.54 Å². The van der Waals surface area contributed by atoms with Gasteiger partial charge in [-0.15, -0.1) is 0 Å². The molecule has 1 aromatic rings. The first-order valence-corrected chi connectivity index (χ1v) is 9.71. The van der Waals surface area contributed by atoms with Crippen molar-refractivity contribution in [2.24, 2.45) is 29.6 Å². The molecule has 1 saturated heterocycles. The van der Waals surface area contributed by atoms with E-state index >= 15 is 0 Å². The van der Waals surface area contributed by atoms with E-state index in [9.17, 15) is 4.79 Å². The molecule has 4 saturated carbocycles. The molecule has 0 N–H and O–H groups in total. The van der Waals surface area contributed by atoms with Crippen LogP contribution in [0.15, 0.2) is 24.0 Å². The maximum absolute atomic E-state index is 13.2. The number of likely N-dealkylation sites (tertiary alicyclic amines) is 1. The normalized spacial score (nSPS) is 42.1. The Labute approximate surface area is 143 Å². The van der Waals surface area contributed by atoms with Crippen LogP contribution in [0.1, 0.15) is 43.2 Å². The van der Waals surface area contributed by atoms with E-state index in [2.05, 4.69) is 22.0 Å². The molecule has 0 spiro atoms. The maximum atomic E-state index is 13.2. The summed E-state index contributed by atoms with van der Waals surface area (Å²) in [6.07, 6.45) is 14.0. The minimum Gasteiger partial charge on any atom is -0.335 e. The van der Waals surface area contributed by atoms with Gasteiger partial charge in [0.05, 0.1) is 0 Å². The molecular weight excluding hydrogens is 296 g/mol. The largest absolute Gasteiger partial charge is 0.335 e. The first-order chi connectivity index (χ1) is 11.8. The van der Waals surface area contributed by atoms with E-state index in [4.69, 9.17) is 0 Å². The lowest BCUT2D eigenvalue weighted by Gasteiger charge is -2.56. The Hall–Kier alpha value is -1.64. The van der Waals surface area contributed by atoms with Crippen molar-refractivity contribution < 1.29 is 4.79 Å². The second kappa shape index (κ2) is 4.71.